The number of aliphatic hydroxyl groups is 1. The van der Waals surface area contributed by atoms with Gasteiger partial charge in [0, 0.05) is 25.1 Å². The Morgan fingerprint density at radius 2 is 2.12 bits per heavy atom. The van der Waals surface area contributed by atoms with Gasteiger partial charge in [0.25, 0.3) is 5.91 Å². The van der Waals surface area contributed by atoms with Gasteiger partial charge in [-0.2, -0.15) is 0 Å². The van der Waals surface area contributed by atoms with E-state index in [2.05, 4.69) is 9.97 Å². The monoisotopic (exact) mass is 341 g/mol. The van der Waals surface area contributed by atoms with Crippen molar-refractivity contribution in [1.29, 1.82) is 0 Å². The van der Waals surface area contributed by atoms with Gasteiger partial charge >= 0.3 is 0 Å². The zero-order chi connectivity index (χ0) is 17.8. The van der Waals surface area contributed by atoms with E-state index in [1.165, 1.54) is 0 Å². The maximum Gasteiger partial charge on any atom is 0.255 e. The quantitative estimate of drug-likeness (QED) is 0.923. The largest absolute Gasteiger partial charge is 0.486 e. The number of ether oxygens (including phenoxy) is 1. The third-order valence-corrected chi connectivity index (χ3v) is 4.66. The minimum atomic E-state index is -0.749. The lowest BCUT2D eigenvalue weighted by atomic mass is 9.88. The molecule has 0 aliphatic heterocycles. The van der Waals surface area contributed by atoms with Crippen LogP contribution in [0.2, 0.25) is 0 Å². The maximum atomic E-state index is 12.7. The van der Waals surface area contributed by atoms with E-state index in [9.17, 15) is 9.90 Å². The van der Waals surface area contributed by atoms with Crippen LogP contribution in [-0.2, 0) is 0 Å². The van der Waals surface area contributed by atoms with E-state index in [1.807, 2.05) is 19.1 Å². The number of nitrogens with zero attached hydrogens (tertiary/aromatic N) is 3. The van der Waals surface area contributed by atoms with E-state index >= 15 is 0 Å². The first-order valence-corrected chi connectivity index (χ1v) is 8.51. The number of aromatic nitrogens is 2. The Morgan fingerprint density at radius 3 is 2.80 bits per heavy atom. The van der Waals surface area contributed by atoms with Crippen molar-refractivity contribution >= 4 is 5.91 Å². The molecular weight excluding hydrogens is 318 g/mol. The zero-order valence-corrected chi connectivity index (χ0v) is 14.5. The molecule has 3 atom stereocenters. The number of hydrogen-bond acceptors (Lipinski definition) is 5. The van der Waals surface area contributed by atoms with Gasteiger partial charge in [0.15, 0.2) is 0 Å². The van der Waals surface area contributed by atoms with Crippen molar-refractivity contribution in [3.05, 3.63) is 54.1 Å². The molecule has 1 N–H and O–H groups in total. The molecule has 132 valence electrons. The van der Waals surface area contributed by atoms with Crippen molar-refractivity contribution in [2.24, 2.45) is 0 Å². The van der Waals surface area contributed by atoms with Crippen molar-refractivity contribution in [2.75, 3.05) is 7.05 Å². The van der Waals surface area contributed by atoms with Crippen LogP contribution in [0.5, 0.6) is 5.75 Å². The Morgan fingerprint density at radius 1 is 1.28 bits per heavy atom. The number of aliphatic hydroxyl groups excluding tert-OH is 1. The Kier molecular flexibility index (Phi) is 5.28. The van der Waals surface area contributed by atoms with Gasteiger partial charge in [-0.1, -0.05) is 0 Å². The molecule has 2 aromatic heterocycles. The van der Waals surface area contributed by atoms with Crippen LogP contribution < -0.4 is 4.74 Å². The lowest BCUT2D eigenvalue weighted by molar-refractivity contribution is -0.0414. The fraction of sp³-hybridized carbons (Fsp3) is 0.421. The molecule has 1 saturated carbocycles. The highest BCUT2D eigenvalue weighted by Crippen LogP contribution is 2.27. The number of pyridine rings is 2. The first-order chi connectivity index (χ1) is 12.1. The Bertz CT molecular complexity index is 706. The maximum absolute atomic E-state index is 12.7. The van der Waals surface area contributed by atoms with E-state index < -0.39 is 6.10 Å². The highest BCUT2D eigenvalue weighted by atomic mass is 16.5. The summed E-state index contributed by atoms with van der Waals surface area (Å²) in [6, 6.07) is 6.90. The lowest BCUT2D eigenvalue weighted by Gasteiger charge is -2.39. The molecule has 25 heavy (non-hydrogen) atoms. The number of amides is 1. The molecule has 0 unspecified atom stereocenters. The third kappa shape index (κ3) is 3.96. The molecule has 6 heteroatoms. The highest BCUT2D eigenvalue weighted by molar-refractivity contribution is 5.94. The minimum absolute atomic E-state index is 0.140. The van der Waals surface area contributed by atoms with Gasteiger partial charge in [0.05, 0.1) is 17.8 Å². The molecule has 0 spiro atoms. The van der Waals surface area contributed by atoms with Crippen LogP contribution in [0, 0.1) is 6.92 Å². The van der Waals surface area contributed by atoms with Crippen LogP contribution in [0.4, 0.5) is 0 Å². The molecule has 6 nitrogen and oxygen atoms in total. The summed E-state index contributed by atoms with van der Waals surface area (Å²) in [5, 5.41) is 10.7. The van der Waals surface area contributed by atoms with Crippen molar-refractivity contribution in [3.8, 4) is 5.75 Å². The van der Waals surface area contributed by atoms with Gasteiger partial charge in [-0.3, -0.25) is 14.8 Å². The summed E-state index contributed by atoms with van der Waals surface area (Å²) in [6.45, 7) is 1.88. The van der Waals surface area contributed by atoms with Crippen LogP contribution in [0.1, 0.15) is 35.3 Å². The Labute approximate surface area is 147 Å². The second-order valence-corrected chi connectivity index (χ2v) is 6.44. The van der Waals surface area contributed by atoms with Crippen LogP contribution in [0.15, 0.2) is 42.9 Å². The van der Waals surface area contributed by atoms with Gasteiger partial charge in [-0.05, 0) is 50.5 Å². The van der Waals surface area contributed by atoms with E-state index in [-0.39, 0.29) is 18.1 Å². The lowest BCUT2D eigenvalue weighted by Crippen LogP contribution is -2.53. The fourth-order valence-electron chi connectivity index (χ4n) is 3.21. The predicted octanol–water partition coefficient (Wildman–Crippen LogP) is 2.22. The zero-order valence-electron chi connectivity index (χ0n) is 14.5. The van der Waals surface area contributed by atoms with E-state index in [0.717, 1.165) is 25.0 Å². The average Bonchev–Trinajstić information content (AvgIpc) is 2.64. The molecule has 2 aromatic rings. The minimum Gasteiger partial charge on any atom is -0.486 e. The third-order valence-electron chi connectivity index (χ3n) is 4.66. The number of aryl methyl sites for hydroxylation is 1. The van der Waals surface area contributed by atoms with Gasteiger partial charge in [0.2, 0.25) is 0 Å². The molecule has 2 heterocycles. The van der Waals surface area contributed by atoms with Gasteiger partial charge in [-0.15, -0.1) is 0 Å². The van der Waals surface area contributed by atoms with Crippen molar-refractivity contribution in [1.82, 2.24) is 14.9 Å². The summed E-state index contributed by atoms with van der Waals surface area (Å²) >= 11 is 0. The van der Waals surface area contributed by atoms with Crippen molar-refractivity contribution in [2.45, 2.75) is 44.4 Å². The number of likely N-dealkylation sites (N-methyl/N-ethyl adjacent to an activating group) is 1. The van der Waals surface area contributed by atoms with Crippen LogP contribution in [0.25, 0.3) is 0 Å². The summed E-state index contributed by atoms with van der Waals surface area (Å²) < 4.78 is 5.89. The summed E-state index contributed by atoms with van der Waals surface area (Å²) in [4.78, 5) is 22.5. The molecule has 1 amide bonds. The number of rotatable bonds is 4. The molecule has 1 aliphatic carbocycles. The van der Waals surface area contributed by atoms with E-state index in [4.69, 9.17) is 4.74 Å². The fourth-order valence-corrected chi connectivity index (χ4v) is 3.21. The molecule has 1 fully saturated rings. The topological polar surface area (TPSA) is 75.6 Å². The summed E-state index contributed by atoms with van der Waals surface area (Å²) in [6.07, 6.45) is 6.16. The van der Waals surface area contributed by atoms with Gasteiger partial charge in [0.1, 0.15) is 18.0 Å². The summed E-state index contributed by atoms with van der Waals surface area (Å²) in [5.74, 6) is 0.488. The molecule has 0 aromatic carbocycles. The predicted molar refractivity (Wildman–Crippen MR) is 93.4 cm³/mol. The molecule has 0 saturated heterocycles. The molecule has 0 radical (unpaired) electrons. The second kappa shape index (κ2) is 7.61. The summed E-state index contributed by atoms with van der Waals surface area (Å²) in [7, 11) is 1.72. The first-order valence-electron chi connectivity index (χ1n) is 8.51. The highest BCUT2D eigenvalue weighted by Gasteiger charge is 2.37. The SMILES string of the molecule is Cc1ccc(C(=O)N(C)[C@@H]2CCC[C@@H](Oc3cccnc3)[C@@H]2O)cn1. The average molecular weight is 341 g/mol. The van der Waals surface area contributed by atoms with Gasteiger partial charge in [-0.25, -0.2) is 0 Å². The molecule has 0 bridgehead atoms. The summed E-state index contributed by atoms with van der Waals surface area (Å²) in [5.41, 5.74) is 1.39. The van der Waals surface area contributed by atoms with Crippen LogP contribution >= 0.6 is 0 Å². The van der Waals surface area contributed by atoms with Crippen molar-refractivity contribution < 1.29 is 14.6 Å². The standard InChI is InChI=1S/C19H23N3O3/c1-13-8-9-14(11-21-13)19(24)22(2)16-6-3-7-17(18(16)23)25-15-5-4-10-20-12-15/h4-5,8-12,16-18,23H,3,6-7H2,1-2H3/t16-,17-,18-/m1/s1. The van der Waals surface area contributed by atoms with Gasteiger partial charge < -0.3 is 14.7 Å². The molecule has 3 rings (SSSR count). The first kappa shape index (κ1) is 17.4. The molecule has 1 aliphatic rings. The van der Waals surface area contributed by atoms with E-state index in [1.54, 1.807) is 42.7 Å². The van der Waals surface area contributed by atoms with Crippen LogP contribution in [-0.4, -0.2) is 51.2 Å². The van der Waals surface area contributed by atoms with Crippen LogP contribution in [0.3, 0.4) is 0 Å². The number of carbonyl (C=O) groups excluding carboxylic acids is 1. The normalized spacial score (nSPS) is 23.1. The second-order valence-electron chi connectivity index (χ2n) is 6.44. The smallest absolute Gasteiger partial charge is 0.255 e. The number of hydrogen-bond donors (Lipinski definition) is 1. The van der Waals surface area contributed by atoms with Crippen molar-refractivity contribution in [3.63, 3.8) is 0 Å². The molecular formula is C19H23N3O3. The Balaban J connectivity index is 1.70. The van der Waals surface area contributed by atoms with E-state index in [0.29, 0.717) is 11.3 Å². The Hall–Kier alpha value is -2.47. The number of carbonyl (C=O) groups is 1.